The Morgan fingerprint density at radius 3 is 2.89 bits per heavy atom. The number of amides is 1. The van der Waals surface area contributed by atoms with Gasteiger partial charge in [-0.15, -0.1) is 0 Å². The molecule has 0 unspecified atom stereocenters. The molecule has 0 saturated carbocycles. The first kappa shape index (κ1) is 13.8. The van der Waals surface area contributed by atoms with Gasteiger partial charge in [0.05, 0.1) is 6.54 Å². The molecule has 0 radical (unpaired) electrons. The highest BCUT2D eigenvalue weighted by molar-refractivity contribution is 5.80. The molecule has 0 fully saturated rings. The molecule has 1 aliphatic carbocycles. The molecule has 2 N–H and O–H groups in total. The minimum absolute atomic E-state index is 0.0110. The summed E-state index contributed by atoms with van der Waals surface area (Å²) >= 11 is 0. The molecule has 2 rings (SSSR count). The first-order chi connectivity index (χ1) is 9.16. The SMILES string of the molecule is CC(C)CNC(=O)CNc1ncnc2c1CCCC2. The number of carbonyl (C=O) groups excluding carboxylic acids is 1. The topological polar surface area (TPSA) is 66.9 Å². The van der Waals surface area contributed by atoms with Gasteiger partial charge in [-0.1, -0.05) is 13.8 Å². The molecule has 0 atom stereocenters. The van der Waals surface area contributed by atoms with Crippen molar-refractivity contribution in [1.82, 2.24) is 15.3 Å². The number of hydrogen-bond acceptors (Lipinski definition) is 4. The third kappa shape index (κ3) is 3.91. The van der Waals surface area contributed by atoms with Gasteiger partial charge in [0.1, 0.15) is 12.1 Å². The van der Waals surface area contributed by atoms with E-state index in [0.717, 1.165) is 24.4 Å². The van der Waals surface area contributed by atoms with Gasteiger partial charge in [0, 0.05) is 17.8 Å². The molecule has 5 nitrogen and oxygen atoms in total. The summed E-state index contributed by atoms with van der Waals surface area (Å²) in [6, 6.07) is 0. The molecule has 0 aliphatic heterocycles. The molecule has 5 heteroatoms. The van der Waals surface area contributed by atoms with Crippen LogP contribution in [0.2, 0.25) is 0 Å². The summed E-state index contributed by atoms with van der Waals surface area (Å²) in [7, 11) is 0. The van der Waals surface area contributed by atoms with Crippen LogP contribution in [-0.2, 0) is 17.6 Å². The number of nitrogens with one attached hydrogen (secondary N) is 2. The molecular formula is C14H22N4O. The van der Waals surface area contributed by atoms with Gasteiger partial charge in [0.25, 0.3) is 0 Å². The maximum atomic E-state index is 11.7. The van der Waals surface area contributed by atoms with E-state index in [1.807, 2.05) is 0 Å². The molecule has 19 heavy (non-hydrogen) atoms. The standard InChI is InChI=1S/C14H22N4O/c1-10(2)7-15-13(19)8-16-14-11-5-3-4-6-12(11)17-9-18-14/h9-10H,3-8H2,1-2H3,(H,15,19)(H,16,17,18). The van der Waals surface area contributed by atoms with Gasteiger partial charge in [-0.05, 0) is 31.6 Å². The van der Waals surface area contributed by atoms with Crippen molar-refractivity contribution in [3.05, 3.63) is 17.6 Å². The Balaban J connectivity index is 1.91. The van der Waals surface area contributed by atoms with E-state index in [1.54, 1.807) is 6.33 Å². The third-order valence-corrected chi connectivity index (χ3v) is 3.25. The van der Waals surface area contributed by atoms with Gasteiger partial charge in [0.15, 0.2) is 0 Å². The van der Waals surface area contributed by atoms with Crippen molar-refractivity contribution >= 4 is 11.7 Å². The lowest BCUT2D eigenvalue weighted by molar-refractivity contribution is -0.119. The fourth-order valence-electron chi connectivity index (χ4n) is 2.22. The number of fused-ring (bicyclic) bond motifs is 1. The zero-order valence-electron chi connectivity index (χ0n) is 11.7. The van der Waals surface area contributed by atoms with E-state index in [0.29, 0.717) is 12.5 Å². The van der Waals surface area contributed by atoms with Crippen molar-refractivity contribution in [2.45, 2.75) is 39.5 Å². The quantitative estimate of drug-likeness (QED) is 0.844. The fourth-order valence-corrected chi connectivity index (χ4v) is 2.22. The van der Waals surface area contributed by atoms with Crippen molar-refractivity contribution in [1.29, 1.82) is 0 Å². The highest BCUT2D eigenvalue weighted by atomic mass is 16.1. The van der Waals surface area contributed by atoms with Crippen LogP contribution in [0.3, 0.4) is 0 Å². The normalized spacial score (nSPS) is 14.1. The maximum Gasteiger partial charge on any atom is 0.239 e. The summed E-state index contributed by atoms with van der Waals surface area (Å²) in [5.74, 6) is 1.30. The van der Waals surface area contributed by atoms with Crippen LogP contribution in [0.1, 0.15) is 37.9 Å². The molecule has 1 heterocycles. The van der Waals surface area contributed by atoms with Crippen LogP contribution >= 0.6 is 0 Å². The minimum atomic E-state index is 0.0110. The second-order valence-electron chi connectivity index (χ2n) is 5.41. The van der Waals surface area contributed by atoms with Crippen LogP contribution in [-0.4, -0.2) is 29.0 Å². The van der Waals surface area contributed by atoms with E-state index < -0.39 is 0 Å². The summed E-state index contributed by atoms with van der Waals surface area (Å²) in [6.07, 6.45) is 5.98. The molecule has 1 aromatic rings. The molecule has 104 valence electrons. The number of carbonyl (C=O) groups is 1. The second-order valence-corrected chi connectivity index (χ2v) is 5.41. The fraction of sp³-hybridized carbons (Fsp3) is 0.643. The van der Waals surface area contributed by atoms with Crippen molar-refractivity contribution in [2.75, 3.05) is 18.4 Å². The Hall–Kier alpha value is -1.65. The van der Waals surface area contributed by atoms with E-state index in [4.69, 9.17) is 0 Å². The molecule has 0 aromatic carbocycles. The Labute approximate surface area is 114 Å². The van der Waals surface area contributed by atoms with Crippen LogP contribution in [0.15, 0.2) is 6.33 Å². The molecule has 0 saturated heterocycles. The van der Waals surface area contributed by atoms with Crippen molar-refractivity contribution < 1.29 is 4.79 Å². The van der Waals surface area contributed by atoms with E-state index in [2.05, 4.69) is 34.4 Å². The Morgan fingerprint density at radius 2 is 2.11 bits per heavy atom. The number of aryl methyl sites for hydroxylation is 1. The molecule has 0 bridgehead atoms. The molecule has 0 spiro atoms. The van der Waals surface area contributed by atoms with E-state index >= 15 is 0 Å². The highest BCUT2D eigenvalue weighted by Crippen LogP contribution is 2.23. The molecular weight excluding hydrogens is 240 g/mol. The Morgan fingerprint density at radius 1 is 1.32 bits per heavy atom. The Bertz CT molecular complexity index is 445. The summed E-state index contributed by atoms with van der Waals surface area (Å²) in [5, 5.41) is 6.02. The number of nitrogens with zero attached hydrogens (tertiary/aromatic N) is 2. The van der Waals surface area contributed by atoms with Gasteiger partial charge < -0.3 is 10.6 Å². The zero-order chi connectivity index (χ0) is 13.7. The average molecular weight is 262 g/mol. The van der Waals surface area contributed by atoms with Crippen molar-refractivity contribution in [3.63, 3.8) is 0 Å². The first-order valence-electron chi connectivity index (χ1n) is 7.00. The number of aromatic nitrogens is 2. The van der Waals surface area contributed by atoms with Gasteiger partial charge >= 0.3 is 0 Å². The van der Waals surface area contributed by atoms with Gasteiger partial charge in [-0.2, -0.15) is 0 Å². The van der Waals surface area contributed by atoms with Crippen LogP contribution in [0, 0.1) is 5.92 Å². The summed E-state index contributed by atoms with van der Waals surface area (Å²) < 4.78 is 0. The number of rotatable bonds is 5. The molecule has 1 amide bonds. The van der Waals surface area contributed by atoms with Crippen LogP contribution < -0.4 is 10.6 Å². The number of anilines is 1. The average Bonchev–Trinajstić information content (AvgIpc) is 2.42. The minimum Gasteiger partial charge on any atom is -0.361 e. The summed E-state index contributed by atoms with van der Waals surface area (Å²) in [6.45, 7) is 5.14. The Kier molecular flexibility index (Phi) is 4.71. The van der Waals surface area contributed by atoms with Gasteiger partial charge in [-0.25, -0.2) is 9.97 Å². The highest BCUT2D eigenvalue weighted by Gasteiger charge is 2.15. The van der Waals surface area contributed by atoms with Crippen LogP contribution in [0.4, 0.5) is 5.82 Å². The number of hydrogen-bond donors (Lipinski definition) is 2. The molecule has 1 aromatic heterocycles. The maximum absolute atomic E-state index is 11.7. The first-order valence-corrected chi connectivity index (χ1v) is 7.00. The monoisotopic (exact) mass is 262 g/mol. The van der Waals surface area contributed by atoms with E-state index in [1.165, 1.54) is 18.4 Å². The van der Waals surface area contributed by atoms with E-state index in [9.17, 15) is 4.79 Å². The predicted molar refractivity (Wildman–Crippen MR) is 75.0 cm³/mol. The van der Waals surface area contributed by atoms with Crippen LogP contribution in [0.25, 0.3) is 0 Å². The van der Waals surface area contributed by atoms with Gasteiger partial charge in [0.2, 0.25) is 5.91 Å². The lowest BCUT2D eigenvalue weighted by atomic mass is 9.96. The lowest BCUT2D eigenvalue weighted by Gasteiger charge is -2.18. The predicted octanol–water partition coefficient (Wildman–Crippen LogP) is 1.54. The smallest absolute Gasteiger partial charge is 0.239 e. The van der Waals surface area contributed by atoms with Crippen molar-refractivity contribution in [2.24, 2.45) is 5.92 Å². The summed E-state index contributed by atoms with van der Waals surface area (Å²) in [5.41, 5.74) is 2.32. The van der Waals surface area contributed by atoms with Gasteiger partial charge in [-0.3, -0.25) is 4.79 Å². The third-order valence-electron chi connectivity index (χ3n) is 3.25. The van der Waals surface area contributed by atoms with Crippen LogP contribution in [0.5, 0.6) is 0 Å². The lowest BCUT2D eigenvalue weighted by Crippen LogP contribution is -2.33. The second kappa shape index (κ2) is 6.50. The zero-order valence-corrected chi connectivity index (χ0v) is 11.7. The largest absolute Gasteiger partial charge is 0.361 e. The van der Waals surface area contributed by atoms with Crippen molar-refractivity contribution in [3.8, 4) is 0 Å². The molecule has 1 aliphatic rings. The van der Waals surface area contributed by atoms with E-state index in [-0.39, 0.29) is 12.5 Å². The summed E-state index contributed by atoms with van der Waals surface area (Å²) in [4.78, 5) is 20.2.